The average Bonchev–Trinajstić information content (AvgIpc) is 2.02. The zero-order valence-corrected chi connectivity index (χ0v) is 5.57. The summed E-state index contributed by atoms with van der Waals surface area (Å²) in [4.78, 5) is 14.7. The molecule has 1 heterocycles. The Morgan fingerprint density at radius 1 is 1.82 bits per heavy atom. The predicted molar refractivity (Wildman–Crippen MR) is 40.0 cm³/mol. The summed E-state index contributed by atoms with van der Waals surface area (Å²) in [7, 11) is -2.75. The molecule has 2 N–H and O–H groups in total. The van der Waals surface area contributed by atoms with E-state index in [0.717, 1.165) is 0 Å². The highest BCUT2D eigenvalue weighted by molar-refractivity contribution is 5.87. The lowest BCUT2D eigenvalue weighted by atomic mass is 10.3. The molecule has 4 nitrogen and oxygen atoms in total. The summed E-state index contributed by atoms with van der Waals surface area (Å²) in [5.74, 6) is -0.995. The number of methoxy groups -OCH3 is 1. The van der Waals surface area contributed by atoms with Crippen LogP contribution in [0, 0.1) is 0 Å². The number of anilines is 1. The largest absolute Gasteiger partial charge is 0.464 e. The summed E-state index contributed by atoms with van der Waals surface area (Å²) >= 11 is 0. The van der Waals surface area contributed by atoms with Crippen LogP contribution in [0.1, 0.15) is 14.6 Å². The maximum Gasteiger partial charge on any atom is 0.356 e. The van der Waals surface area contributed by atoms with Gasteiger partial charge in [0.2, 0.25) is 0 Å². The van der Waals surface area contributed by atoms with Gasteiger partial charge in [-0.1, -0.05) is 0 Å². The fourth-order valence-electron chi connectivity index (χ4n) is 0.578. The van der Waals surface area contributed by atoms with Crippen LogP contribution in [0.2, 0.25) is 0 Å². The molecule has 1 aromatic heterocycles. The predicted octanol–water partition coefficient (Wildman–Crippen LogP) is 0.450. The van der Waals surface area contributed by atoms with Gasteiger partial charge in [0.1, 0.15) is 5.69 Å². The van der Waals surface area contributed by atoms with Crippen LogP contribution in [-0.4, -0.2) is 18.0 Å². The average molecular weight is 155 g/mol. The molecular formula is C7H8N2O2. The Morgan fingerprint density at radius 3 is 3.18 bits per heavy atom. The second-order valence-corrected chi connectivity index (χ2v) is 1.87. The number of rotatable bonds is 1. The topological polar surface area (TPSA) is 65.2 Å². The van der Waals surface area contributed by atoms with Crippen LogP contribution in [0.15, 0.2) is 18.3 Å². The Labute approximate surface area is 68.2 Å². The van der Waals surface area contributed by atoms with E-state index in [1.165, 1.54) is 18.3 Å². The van der Waals surface area contributed by atoms with Gasteiger partial charge in [0.25, 0.3) is 0 Å². The van der Waals surface area contributed by atoms with Gasteiger partial charge < -0.3 is 10.5 Å². The van der Waals surface area contributed by atoms with Gasteiger partial charge in [-0.3, -0.25) is 0 Å². The zero-order chi connectivity index (χ0) is 10.8. The molecule has 58 valence electrons. The molecule has 0 fully saturated rings. The number of nitrogen functional groups attached to an aromatic ring is 1. The van der Waals surface area contributed by atoms with Crippen LogP contribution in [0.4, 0.5) is 5.69 Å². The van der Waals surface area contributed by atoms with E-state index in [1.807, 2.05) is 0 Å². The normalized spacial score (nSPS) is 14.4. The fraction of sp³-hybridized carbons (Fsp3) is 0.143. The van der Waals surface area contributed by atoms with Gasteiger partial charge in [-0.25, -0.2) is 9.78 Å². The summed E-state index contributed by atoms with van der Waals surface area (Å²) < 4.78 is 24.2. The van der Waals surface area contributed by atoms with Crippen LogP contribution in [0.25, 0.3) is 0 Å². The first-order valence-corrected chi connectivity index (χ1v) is 2.83. The molecule has 0 saturated carbocycles. The molecule has 0 aliphatic heterocycles. The van der Waals surface area contributed by atoms with E-state index < -0.39 is 13.0 Å². The van der Waals surface area contributed by atoms with E-state index in [1.54, 1.807) is 0 Å². The Bertz CT molecular complexity index is 334. The van der Waals surface area contributed by atoms with Gasteiger partial charge in [-0.15, -0.1) is 0 Å². The molecule has 1 rings (SSSR count). The zero-order valence-electron chi connectivity index (χ0n) is 8.57. The van der Waals surface area contributed by atoms with Crippen molar-refractivity contribution >= 4 is 11.7 Å². The second-order valence-electron chi connectivity index (χ2n) is 1.87. The van der Waals surface area contributed by atoms with Gasteiger partial charge in [0.15, 0.2) is 0 Å². The van der Waals surface area contributed by atoms with E-state index in [0.29, 0.717) is 5.69 Å². The molecule has 0 radical (unpaired) electrons. The number of hydrogen-bond acceptors (Lipinski definition) is 4. The SMILES string of the molecule is [2H]C([2H])([2H])OC(=O)c1ccc(N)cn1. The molecule has 0 saturated heterocycles. The number of aromatic nitrogens is 1. The summed E-state index contributed by atoms with van der Waals surface area (Å²) in [5.41, 5.74) is 5.63. The number of hydrogen-bond donors (Lipinski definition) is 1. The quantitative estimate of drug-likeness (QED) is 0.598. The summed E-state index contributed by atoms with van der Waals surface area (Å²) in [6, 6.07) is 2.73. The molecule has 0 aliphatic rings. The lowest BCUT2D eigenvalue weighted by Crippen LogP contribution is -2.03. The van der Waals surface area contributed by atoms with Gasteiger partial charge in [-0.2, -0.15) is 0 Å². The van der Waals surface area contributed by atoms with Crippen molar-refractivity contribution in [3.8, 4) is 0 Å². The second kappa shape index (κ2) is 3.01. The summed E-state index contributed by atoms with van der Waals surface area (Å²) in [5, 5.41) is 0. The third kappa shape index (κ3) is 1.67. The first-order chi connectivity index (χ1) is 6.38. The number of nitrogens with two attached hydrogens (primary N) is 1. The van der Waals surface area contributed by atoms with Crippen molar-refractivity contribution in [2.24, 2.45) is 0 Å². The van der Waals surface area contributed by atoms with E-state index in [4.69, 9.17) is 9.85 Å². The summed E-state index contributed by atoms with van der Waals surface area (Å²) in [6.45, 7) is 0. The molecule has 0 spiro atoms. The maximum atomic E-state index is 11.1. The Hall–Kier alpha value is -1.58. The van der Waals surface area contributed by atoms with Crippen molar-refractivity contribution in [3.05, 3.63) is 24.0 Å². The number of carbonyl (C=O) groups is 1. The highest BCUT2D eigenvalue weighted by atomic mass is 16.5. The van der Waals surface area contributed by atoms with Crippen LogP contribution < -0.4 is 5.73 Å². The minimum atomic E-state index is -2.75. The van der Waals surface area contributed by atoms with Crippen molar-refractivity contribution < 1.29 is 13.6 Å². The van der Waals surface area contributed by atoms with Crippen molar-refractivity contribution in [1.82, 2.24) is 4.98 Å². The van der Waals surface area contributed by atoms with Crippen molar-refractivity contribution in [3.63, 3.8) is 0 Å². The fourth-order valence-corrected chi connectivity index (χ4v) is 0.578. The molecule has 0 atom stereocenters. The molecule has 4 heteroatoms. The number of carbonyl (C=O) groups excluding carboxylic acids is 1. The Morgan fingerprint density at radius 2 is 2.64 bits per heavy atom. The first-order valence-electron chi connectivity index (χ1n) is 4.33. The molecule has 0 aromatic carbocycles. The smallest absolute Gasteiger partial charge is 0.356 e. The third-order valence-electron chi connectivity index (χ3n) is 1.09. The number of esters is 1. The van der Waals surface area contributed by atoms with Crippen molar-refractivity contribution in [1.29, 1.82) is 0 Å². The van der Waals surface area contributed by atoms with E-state index in [2.05, 4.69) is 9.72 Å². The number of nitrogens with zero attached hydrogens (tertiary/aromatic N) is 1. The molecule has 0 aliphatic carbocycles. The van der Waals surface area contributed by atoms with Gasteiger partial charge in [-0.05, 0) is 12.1 Å². The maximum absolute atomic E-state index is 11.1. The lowest BCUT2D eigenvalue weighted by molar-refractivity contribution is 0.0594. The molecule has 1 aromatic rings. The first kappa shape index (κ1) is 4.33. The Balaban J connectivity index is 2.76. The van der Waals surface area contributed by atoms with Crippen LogP contribution in [-0.2, 0) is 4.74 Å². The lowest BCUT2D eigenvalue weighted by Gasteiger charge is -1.96. The number of ether oxygens (including phenoxy) is 1. The van der Waals surface area contributed by atoms with Crippen LogP contribution in [0.3, 0.4) is 0 Å². The van der Waals surface area contributed by atoms with E-state index >= 15 is 0 Å². The van der Waals surface area contributed by atoms with Gasteiger partial charge in [0, 0.05) is 0 Å². The highest BCUT2D eigenvalue weighted by Gasteiger charge is 2.04. The minimum Gasteiger partial charge on any atom is -0.464 e. The highest BCUT2D eigenvalue weighted by Crippen LogP contribution is 2.01. The standard InChI is InChI=1S/C7H8N2O2/c1-11-7(10)6-3-2-5(8)4-9-6/h2-4H,8H2,1H3/i1D3. The van der Waals surface area contributed by atoms with Crippen LogP contribution in [0.5, 0.6) is 0 Å². The molecule has 0 unspecified atom stereocenters. The van der Waals surface area contributed by atoms with E-state index in [-0.39, 0.29) is 5.69 Å². The molecule has 0 bridgehead atoms. The Kier molecular flexibility index (Phi) is 1.18. The monoisotopic (exact) mass is 155 g/mol. The summed E-state index contributed by atoms with van der Waals surface area (Å²) in [6.07, 6.45) is 1.25. The van der Waals surface area contributed by atoms with Gasteiger partial charge >= 0.3 is 5.97 Å². The molecule has 0 amide bonds. The van der Waals surface area contributed by atoms with Crippen LogP contribution >= 0.6 is 0 Å². The van der Waals surface area contributed by atoms with Crippen molar-refractivity contribution in [2.45, 2.75) is 0 Å². The minimum absolute atomic E-state index is 0.0877. The van der Waals surface area contributed by atoms with E-state index in [9.17, 15) is 4.79 Å². The molecular weight excluding hydrogens is 144 g/mol. The molecule has 11 heavy (non-hydrogen) atoms. The number of pyridine rings is 1. The van der Waals surface area contributed by atoms with Crippen molar-refractivity contribution in [2.75, 3.05) is 12.8 Å². The third-order valence-corrected chi connectivity index (χ3v) is 1.09. The van der Waals surface area contributed by atoms with Gasteiger partial charge in [0.05, 0.1) is 23.0 Å².